The van der Waals surface area contributed by atoms with E-state index >= 15 is 0 Å². The third kappa shape index (κ3) is 1.05. The van der Waals surface area contributed by atoms with E-state index < -0.39 is 0 Å². The molecule has 1 unspecified atom stereocenters. The van der Waals surface area contributed by atoms with E-state index in [0.717, 1.165) is 12.0 Å². The van der Waals surface area contributed by atoms with Gasteiger partial charge in [-0.15, -0.1) is 0 Å². The molecular formula is C10H11O. The summed E-state index contributed by atoms with van der Waals surface area (Å²) >= 11 is 0. The highest BCUT2D eigenvalue weighted by Crippen LogP contribution is 2.30. The summed E-state index contributed by atoms with van der Waals surface area (Å²) in [6, 6.07) is 6.24. The smallest absolute Gasteiger partial charge is 0.0828 e. The summed E-state index contributed by atoms with van der Waals surface area (Å²) in [6.45, 7) is 2.05. The van der Waals surface area contributed by atoms with Gasteiger partial charge in [0.1, 0.15) is 0 Å². The number of hydrogen-bond donors (Lipinski definition) is 1. The molecule has 0 fully saturated rings. The van der Waals surface area contributed by atoms with Crippen molar-refractivity contribution < 1.29 is 5.11 Å². The highest BCUT2D eigenvalue weighted by Gasteiger charge is 2.19. The predicted octanol–water partition coefficient (Wildman–Crippen LogP) is 1.79. The van der Waals surface area contributed by atoms with Crippen molar-refractivity contribution in [1.29, 1.82) is 0 Å². The Morgan fingerprint density at radius 3 is 3.09 bits per heavy atom. The topological polar surface area (TPSA) is 20.2 Å². The number of hydrogen-bond acceptors (Lipinski definition) is 1. The summed E-state index contributed by atoms with van der Waals surface area (Å²) in [4.78, 5) is 0. The zero-order chi connectivity index (χ0) is 7.84. The standard InChI is InChI=1S/C10H11O/c1-7-2-3-8-4-5-10(11)9(8)6-7/h2-3,5-6,10-11H,4H2,1H3. The van der Waals surface area contributed by atoms with Gasteiger partial charge in [-0.1, -0.05) is 23.8 Å². The maximum absolute atomic E-state index is 9.45. The molecule has 57 valence electrons. The van der Waals surface area contributed by atoms with Gasteiger partial charge in [0, 0.05) is 0 Å². The molecule has 0 aliphatic heterocycles. The molecule has 1 aliphatic carbocycles. The summed E-state index contributed by atoms with van der Waals surface area (Å²) in [5.74, 6) is 0. The largest absolute Gasteiger partial charge is 0.388 e. The Hall–Kier alpha value is -0.820. The molecule has 1 aromatic carbocycles. The van der Waals surface area contributed by atoms with Crippen LogP contribution < -0.4 is 0 Å². The van der Waals surface area contributed by atoms with E-state index in [1.165, 1.54) is 11.1 Å². The molecule has 0 heterocycles. The molecule has 0 amide bonds. The second kappa shape index (κ2) is 2.35. The van der Waals surface area contributed by atoms with Crippen molar-refractivity contribution in [2.75, 3.05) is 0 Å². The lowest BCUT2D eigenvalue weighted by atomic mass is 10.1. The number of benzene rings is 1. The van der Waals surface area contributed by atoms with Crippen molar-refractivity contribution in [1.82, 2.24) is 0 Å². The molecule has 1 aliphatic rings. The Labute approximate surface area is 66.7 Å². The number of rotatable bonds is 0. The molecule has 1 nitrogen and oxygen atoms in total. The second-order valence-corrected chi connectivity index (χ2v) is 3.09. The van der Waals surface area contributed by atoms with Crippen LogP contribution in [0, 0.1) is 13.3 Å². The lowest BCUT2D eigenvalue weighted by molar-refractivity contribution is 0.217. The van der Waals surface area contributed by atoms with E-state index in [9.17, 15) is 5.11 Å². The first-order valence-corrected chi connectivity index (χ1v) is 3.88. The van der Waals surface area contributed by atoms with E-state index in [-0.39, 0.29) is 6.10 Å². The zero-order valence-corrected chi connectivity index (χ0v) is 6.54. The molecule has 0 aromatic heterocycles. The molecular weight excluding hydrogens is 136 g/mol. The normalized spacial score (nSPS) is 21.8. The van der Waals surface area contributed by atoms with Crippen molar-refractivity contribution in [2.45, 2.75) is 19.4 Å². The lowest BCUT2D eigenvalue weighted by Gasteiger charge is -2.03. The number of aliphatic hydroxyl groups is 1. The van der Waals surface area contributed by atoms with E-state index in [2.05, 4.69) is 18.2 Å². The van der Waals surface area contributed by atoms with Crippen molar-refractivity contribution in [3.8, 4) is 0 Å². The third-order valence-corrected chi connectivity index (χ3v) is 2.18. The van der Waals surface area contributed by atoms with Gasteiger partial charge in [-0.3, -0.25) is 0 Å². The summed E-state index contributed by atoms with van der Waals surface area (Å²) in [6.07, 6.45) is 2.52. The van der Waals surface area contributed by atoms with Crippen molar-refractivity contribution in [2.24, 2.45) is 0 Å². The van der Waals surface area contributed by atoms with Gasteiger partial charge in [-0.25, -0.2) is 0 Å². The lowest BCUT2D eigenvalue weighted by Crippen LogP contribution is -1.90. The molecule has 0 bridgehead atoms. The molecule has 0 spiro atoms. The van der Waals surface area contributed by atoms with Crippen LogP contribution in [0.3, 0.4) is 0 Å². The molecule has 2 rings (SSSR count). The van der Waals surface area contributed by atoms with Crippen molar-refractivity contribution in [3.05, 3.63) is 41.3 Å². The first kappa shape index (κ1) is 6.86. The molecule has 1 heteroatoms. The minimum atomic E-state index is -0.329. The van der Waals surface area contributed by atoms with Crippen LogP contribution in [-0.2, 0) is 6.42 Å². The molecule has 1 aromatic rings. The Morgan fingerprint density at radius 1 is 1.45 bits per heavy atom. The first-order chi connectivity index (χ1) is 5.27. The van der Waals surface area contributed by atoms with Gasteiger partial charge < -0.3 is 5.11 Å². The van der Waals surface area contributed by atoms with Crippen LogP contribution in [0.25, 0.3) is 0 Å². The van der Waals surface area contributed by atoms with Gasteiger partial charge in [-0.05, 0) is 30.9 Å². The Kier molecular flexibility index (Phi) is 1.46. The van der Waals surface area contributed by atoms with Crippen LogP contribution in [-0.4, -0.2) is 5.11 Å². The van der Waals surface area contributed by atoms with Gasteiger partial charge in [0.15, 0.2) is 0 Å². The van der Waals surface area contributed by atoms with Crippen molar-refractivity contribution >= 4 is 0 Å². The highest BCUT2D eigenvalue weighted by atomic mass is 16.3. The summed E-state index contributed by atoms with van der Waals surface area (Å²) in [5.41, 5.74) is 3.58. The Balaban J connectivity index is 2.52. The number of aliphatic hydroxyl groups excluding tert-OH is 1. The van der Waals surface area contributed by atoms with Crippen LogP contribution in [0.1, 0.15) is 22.8 Å². The van der Waals surface area contributed by atoms with Gasteiger partial charge in [-0.2, -0.15) is 0 Å². The molecule has 1 atom stereocenters. The van der Waals surface area contributed by atoms with Gasteiger partial charge in [0.05, 0.1) is 6.10 Å². The molecule has 1 N–H and O–H groups in total. The van der Waals surface area contributed by atoms with E-state index in [1.54, 1.807) is 0 Å². The average Bonchev–Trinajstić information content (AvgIpc) is 2.33. The van der Waals surface area contributed by atoms with Gasteiger partial charge in [0.2, 0.25) is 0 Å². The Morgan fingerprint density at radius 2 is 2.27 bits per heavy atom. The predicted molar refractivity (Wildman–Crippen MR) is 44.1 cm³/mol. The molecule has 1 radical (unpaired) electrons. The minimum absolute atomic E-state index is 0.329. The Bertz CT molecular complexity index is 278. The monoisotopic (exact) mass is 147 g/mol. The second-order valence-electron chi connectivity index (χ2n) is 3.09. The average molecular weight is 147 g/mol. The number of fused-ring (bicyclic) bond motifs is 1. The summed E-state index contributed by atoms with van der Waals surface area (Å²) in [5, 5.41) is 9.45. The molecule has 0 saturated heterocycles. The van der Waals surface area contributed by atoms with E-state index in [4.69, 9.17) is 0 Å². The van der Waals surface area contributed by atoms with Crippen LogP contribution in [0.5, 0.6) is 0 Å². The molecule has 0 saturated carbocycles. The fourth-order valence-corrected chi connectivity index (χ4v) is 1.54. The maximum atomic E-state index is 9.45. The van der Waals surface area contributed by atoms with Crippen LogP contribution >= 0.6 is 0 Å². The van der Waals surface area contributed by atoms with Crippen LogP contribution in [0.2, 0.25) is 0 Å². The third-order valence-electron chi connectivity index (χ3n) is 2.18. The van der Waals surface area contributed by atoms with Crippen molar-refractivity contribution in [3.63, 3.8) is 0 Å². The quantitative estimate of drug-likeness (QED) is 0.593. The minimum Gasteiger partial charge on any atom is -0.388 e. The summed E-state index contributed by atoms with van der Waals surface area (Å²) in [7, 11) is 0. The van der Waals surface area contributed by atoms with E-state index in [0.29, 0.717) is 0 Å². The first-order valence-electron chi connectivity index (χ1n) is 3.88. The van der Waals surface area contributed by atoms with Gasteiger partial charge in [0.25, 0.3) is 0 Å². The number of aryl methyl sites for hydroxylation is 1. The van der Waals surface area contributed by atoms with Crippen LogP contribution in [0.15, 0.2) is 18.2 Å². The molecule has 11 heavy (non-hydrogen) atoms. The van der Waals surface area contributed by atoms with Gasteiger partial charge >= 0.3 is 0 Å². The van der Waals surface area contributed by atoms with E-state index in [1.807, 2.05) is 13.3 Å². The highest BCUT2D eigenvalue weighted by molar-refractivity contribution is 5.39. The SMILES string of the molecule is Cc1ccc2c(c1)C(O)[CH]C2. The maximum Gasteiger partial charge on any atom is 0.0828 e. The summed E-state index contributed by atoms with van der Waals surface area (Å²) < 4.78 is 0. The fourth-order valence-electron chi connectivity index (χ4n) is 1.54. The fraction of sp³-hybridized carbons (Fsp3) is 0.300. The van der Waals surface area contributed by atoms with Crippen LogP contribution in [0.4, 0.5) is 0 Å². The zero-order valence-electron chi connectivity index (χ0n) is 6.54.